The Balaban J connectivity index is 1.45. The van der Waals surface area contributed by atoms with Crippen molar-refractivity contribution in [3.63, 3.8) is 0 Å². The van der Waals surface area contributed by atoms with Gasteiger partial charge in [-0.15, -0.1) is 0 Å². The van der Waals surface area contributed by atoms with E-state index in [0.29, 0.717) is 18.3 Å². The van der Waals surface area contributed by atoms with Gasteiger partial charge in [-0.25, -0.2) is 0 Å². The van der Waals surface area contributed by atoms with Crippen molar-refractivity contribution in [1.29, 1.82) is 0 Å². The van der Waals surface area contributed by atoms with Crippen LogP contribution in [0, 0.1) is 0 Å². The molecule has 134 valence electrons. The second kappa shape index (κ2) is 8.07. The van der Waals surface area contributed by atoms with Gasteiger partial charge < -0.3 is 9.42 Å². The van der Waals surface area contributed by atoms with Crippen LogP contribution in [0.1, 0.15) is 50.9 Å². The number of piperazine rings is 1. The summed E-state index contributed by atoms with van der Waals surface area (Å²) in [6.45, 7) is 10.3. The maximum absolute atomic E-state index is 12.4. The molecule has 1 atom stereocenters. The van der Waals surface area contributed by atoms with Crippen molar-refractivity contribution in [3.8, 4) is 0 Å². The van der Waals surface area contributed by atoms with Crippen LogP contribution in [0.2, 0.25) is 0 Å². The summed E-state index contributed by atoms with van der Waals surface area (Å²) in [5, 5.41) is 3.98. The van der Waals surface area contributed by atoms with Gasteiger partial charge in [-0.05, 0) is 26.2 Å². The highest BCUT2D eigenvalue weighted by Gasteiger charge is 2.27. The fourth-order valence-corrected chi connectivity index (χ4v) is 3.48. The van der Waals surface area contributed by atoms with E-state index in [-0.39, 0.29) is 6.04 Å². The van der Waals surface area contributed by atoms with Crippen molar-refractivity contribution in [1.82, 2.24) is 24.8 Å². The van der Waals surface area contributed by atoms with Gasteiger partial charge in [0.15, 0.2) is 5.82 Å². The Morgan fingerprint density at radius 2 is 1.83 bits per heavy atom. The lowest BCUT2D eigenvalue weighted by molar-refractivity contribution is -0.133. The summed E-state index contributed by atoms with van der Waals surface area (Å²) in [6.07, 6.45) is 4.36. The first-order valence-electron chi connectivity index (χ1n) is 9.24. The van der Waals surface area contributed by atoms with Gasteiger partial charge in [0, 0.05) is 45.7 Å². The number of carbonyl (C=O) groups is 1. The Morgan fingerprint density at radius 3 is 2.46 bits per heavy atom. The van der Waals surface area contributed by atoms with E-state index in [2.05, 4.69) is 26.9 Å². The van der Waals surface area contributed by atoms with E-state index in [1.165, 1.54) is 6.42 Å². The summed E-state index contributed by atoms with van der Waals surface area (Å²) in [5.41, 5.74) is 0. The maximum atomic E-state index is 12.4. The molecular formula is C17H29N5O2. The summed E-state index contributed by atoms with van der Waals surface area (Å²) in [4.78, 5) is 23.5. The molecule has 2 aliphatic heterocycles. The van der Waals surface area contributed by atoms with Crippen LogP contribution in [0.4, 0.5) is 0 Å². The normalized spacial score (nSPS) is 21.8. The summed E-state index contributed by atoms with van der Waals surface area (Å²) in [7, 11) is 0. The Kier molecular flexibility index (Phi) is 5.84. The van der Waals surface area contributed by atoms with E-state index >= 15 is 0 Å². The lowest BCUT2D eigenvalue weighted by atomic mass is 10.1. The summed E-state index contributed by atoms with van der Waals surface area (Å²) >= 11 is 0. The standard InChI is InChI=1S/C17H29N5O2/c1-3-15-18-17(24-19-15)14(2)21-11-9-20(10-12-21)13-16(23)22-7-5-4-6-8-22/h14H,3-13H2,1-2H3. The molecule has 3 heterocycles. The van der Waals surface area contributed by atoms with Gasteiger partial charge in [0.2, 0.25) is 11.8 Å². The monoisotopic (exact) mass is 335 g/mol. The minimum atomic E-state index is 0.137. The molecule has 7 heteroatoms. The minimum absolute atomic E-state index is 0.137. The molecule has 1 unspecified atom stereocenters. The molecule has 2 saturated heterocycles. The molecular weight excluding hydrogens is 306 g/mol. The molecule has 1 aromatic heterocycles. The van der Waals surface area contributed by atoms with Crippen molar-refractivity contribution in [2.45, 2.75) is 45.6 Å². The molecule has 0 aliphatic carbocycles. The number of hydrogen-bond donors (Lipinski definition) is 0. The number of rotatable bonds is 5. The molecule has 0 aromatic carbocycles. The summed E-state index contributed by atoms with van der Waals surface area (Å²) in [5.74, 6) is 1.76. The van der Waals surface area contributed by atoms with Crippen molar-refractivity contribution in [3.05, 3.63) is 11.7 Å². The van der Waals surface area contributed by atoms with Gasteiger partial charge in [0.25, 0.3) is 0 Å². The third kappa shape index (κ3) is 4.13. The van der Waals surface area contributed by atoms with E-state index in [9.17, 15) is 4.79 Å². The summed E-state index contributed by atoms with van der Waals surface area (Å²) in [6, 6.07) is 0.137. The van der Waals surface area contributed by atoms with Crippen LogP contribution in [-0.2, 0) is 11.2 Å². The Morgan fingerprint density at radius 1 is 1.12 bits per heavy atom. The van der Waals surface area contributed by atoms with Crippen LogP contribution < -0.4 is 0 Å². The van der Waals surface area contributed by atoms with Crippen LogP contribution in [0.5, 0.6) is 0 Å². The number of likely N-dealkylation sites (tertiary alicyclic amines) is 1. The highest BCUT2D eigenvalue weighted by Crippen LogP contribution is 2.20. The molecule has 1 aromatic rings. The predicted molar refractivity (Wildman–Crippen MR) is 90.5 cm³/mol. The first-order chi connectivity index (χ1) is 11.7. The zero-order valence-corrected chi connectivity index (χ0v) is 14.9. The van der Waals surface area contributed by atoms with Crippen LogP contribution >= 0.6 is 0 Å². The average Bonchev–Trinajstić information content (AvgIpc) is 3.11. The highest BCUT2D eigenvalue weighted by atomic mass is 16.5. The third-order valence-corrected chi connectivity index (χ3v) is 5.18. The number of piperidine rings is 1. The molecule has 0 saturated carbocycles. The number of amides is 1. The quantitative estimate of drug-likeness (QED) is 0.809. The smallest absolute Gasteiger partial charge is 0.243 e. The molecule has 1 amide bonds. The SMILES string of the molecule is CCc1noc(C(C)N2CCN(CC(=O)N3CCCCC3)CC2)n1. The number of hydrogen-bond acceptors (Lipinski definition) is 6. The van der Waals surface area contributed by atoms with E-state index in [0.717, 1.165) is 64.4 Å². The molecule has 7 nitrogen and oxygen atoms in total. The molecule has 0 radical (unpaired) electrons. The fraction of sp³-hybridized carbons (Fsp3) is 0.824. The van der Waals surface area contributed by atoms with Crippen LogP contribution in [-0.4, -0.2) is 76.6 Å². The first-order valence-corrected chi connectivity index (χ1v) is 9.24. The van der Waals surface area contributed by atoms with Crippen LogP contribution in [0.3, 0.4) is 0 Å². The molecule has 24 heavy (non-hydrogen) atoms. The van der Waals surface area contributed by atoms with Gasteiger partial charge in [-0.3, -0.25) is 14.6 Å². The second-order valence-corrected chi connectivity index (χ2v) is 6.83. The van der Waals surface area contributed by atoms with E-state index in [1.807, 2.05) is 11.8 Å². The Labute approximate surface area is 144 Å². The van der Waals surface area contributed by atoms with E-state index in [4.69, 9.17) is 4.52 Å². The van der Waals surface area contributed by atoms with Crippen molar-refractivity contribution < 1.29 is 9.32 Å². The molecule has 0 spiro atoms. The lowest BCUT2D eigenvalue weighted by Gasteiger charge is -2.37. The zero-order chi connectivity index (χ0) is 16.9. The van der Waals surface area contributed by atoms with Crippen molar-refractivity contribution in [2.24, 2.45) is 0 Å². The molecule has 3 rings (SSSR count). The Hall–Kier alpha value is -1.47. The molecule has 2 fully saturated rings. The third-order valence-electron chi connectivity index (χ3n) is 5.18. The van der Waals surface area contributed by atoms with E-state index in [1.54, 1.807) is 0 Å². The van der Waals surface area contributed by atoms with Gasteiger partial charge in [0.1, 0.15) is 0 Å². The summed E-state index contributed by atoms with van der Waals surface area (Å²) < 4.78 is 5.36. The zero-order valence-electron chi connectivity index (χ0n) is 14.9. The first kappa shape index (κ1) is 17.4. The largest absolute Gasteiger partial charge is 0.342 e. The molecule has 0 N–H and O–H groups in total. The lowest BCUT2D eigenvalue weighted by Crippen LogP contribution is -2.51. The molecule has 0 bridgehead atoms. The van der Waals surface area contributed by atoms with E-state index < -0.39 is 0 Å². The fourth-order valence-electron chi connectivity index (χ4n) is 3.48. The highest BCUT2D eigenvalue weighted by molar-refractivity contribution is 5.78. The minimum Gasteiger partial charge on any atom is -0.342 e. The van der Waals surface area contributed by atoms with Gasteiger partial charge in [0.05, 0.1) is 12.6 Å². The topological polar surface area (TPSA) is 65.7 Å². The number of aromatic nitrogens is 2. The van der Waals surface area contributed by atoms with Gasteiger partial charge >= 0.3 is 0 Å². The predicted octanol–water partition coefficient (Wildman–Crippen LogP) is 1.32. The average molecular weight is 335 g/mol. The number of carbonyl (C=O) groups excluding carboxylic acids is 1. The number of aryl methyl sites for hydroxylation is 1. The van der Waals surface area contributed by atoms with Crippen molar-refractivity contribution in [2.75, 3.05) is 45.8 Å². The second-order valence-electron chi connectivity index (χ2n) is 6.83. The van der Waals surface area contributed by atoms with Gasteiger partial charge in [-0.1, -0.05) is 12.1 Å². The Bertz CT molecular complexity index is 533. The van der Waals surface area contributed by atoms with Crippen LogP contribution in [0.15, 0.2) is 4.52 Å². The van der Waals surface area contributed by atoms with Crippen molar-refractivity contribution >= 4 is 5.91 Å². The molecule has 2 aliphatic rings. The maximum Gasteiger partial charge on any atom is 0.243 e. The van der Waals surface area contributed by atoms with Gasteiger partial charge in [-0.2, -0.15) is 4.98 Å². The van der Waals surface area contributed by atoms with Crippen LogP contribution in [0.25, 0.3) is 0 Å². The number of nitrogens with zero attached hydrogens (tertiary/aromatic N) is 5.